The van der Waals surface area contributed by atoms with Crippen molar-refractivity contribution in [2.45, 2.75) is 25.8 Å². The van der Waals surface area contributed by atoms with Crippen LogP contribution in [0.25, 0.3) is 11.3 Å². The molecule has 0 spiro atoms. The Labute approximate surface area is 170 Å². The lowest BCUT2D eigenvalue weighted by Crippen LogP contribution is -2.38. The Morgan fingerprint density at radius 3 is 2.72 bits per heavy atom. The van der Waals surface area contributed by atoms with Crippen LogP contribution in [0.4, 0.5) is 0 Å². The Kier molecular flexibility index (Phi) is 6.32. The Balaban J connectivity index is 1.19. The quantitative estimate of drug-likeness (QED) is 0.670. The van der Waals surface area contributed by atoms with Gasteiger partial charge in [-0.2, -0.15) is 0 Å². The molecule has 1 N–H and O–H groups in total. The molecule has 1 fully saturated rings. The second-order valence-corrected chi connectivity index (χ2v) is 7.61. The molecule has 29 heavy (non-hydrogen) atoms. The summed E-state index contributed by atoms with van der Waals surface area (Å²) in [6.07, 6.45) is 6.00. The van der Waals surface area contributed by atoms with Gasteiger partial charge in [0.05, 0.1) is 13.0 Å². The molecule has 6 nitrogen and oxygen atoms in total. The number of rotatable bonds is 7. The summed E-state index contributed by atoms with van der Waals surface area (Å²) in [5, 5.41) is 7.27. The number of nitrogens with one attached hydrogen (secondary N) is 1. The van der Waals surface area contributed by atoms with Gasteiger partial charge >= 0.3 is 0 Å². The van der Waals surface area contributed by atoms with Crippen molar-refractivity contribution in [3.8, 4) is 11.3 Å². The van der Waals surface area contributed by atoms with Gasteiger partial charge in [-0.3, -0.25) is 14.7 Å². The van der Waals surface area contributed by atoms with Gasteiger partial charge in [0.2, 0.25) is 5.91 Å². The number of hydrogen-bond donors (Lipinski definition) is 1. The maximum Gasteiger partial charge on any atom is 0.224 e. The Bertz CT molecular complexity index is 903. The lowest BCUT2D eigenvalue weighted by Gasteiger charge is -2.31. The number of pyridine rings is 1. The first-order valence-electron chi connectivity index (χ1n) is 10.2. The molecule has 3 heterocycles. The van der Waals surface area contributed by atoms with Gasteiger partial charge in [-0.1, -0.05) is 41.6 Å². The van der Waals surface area contributed by atoms with Crippen LogP contribution in [0.1, 0.15) is 24.2 Å². The van der Waals surface area contributed by atoms with Gasteiger partial charge in [0.15, 0.2) is 5.76 Å². The van der Waals surface area contributed by atoms with E-state index in [9.17, 15) is 4.79 Å². The predicted molar refractivity (Wildman–Crippen MR) is 111 cm³/mol. The van der Waals surface area contributed by atoms with Gasteiger partial charge in [-0.25, -0.2) is 0 Å². The largest absolute Gasteiger partial charge is 0.359 e. The number of carbonyl (C=O) groups is 1. The molecular weight excluding hydrogens is 364 g/mol. The smallest absolute Gasteiger partial charge is 0.224 e. The van der Waals surface area contributed by atoms with Crippen LogP contribution in [0.15, 0.2) is 65.4 Å². The molecule has 0 aliphatic carbocycles. The molecule has 6 heteroatoms. The van der Waals surface area contributed by atoms with E-state index in [1.165, 1.54) is 0 Å². The van der Waals surface area contributed by atoms with Gasteiger partial charge < -0.3 is 9.84 Å². The fourth-order valence-electron chi connectivity index (χ4n) is 3.71. The van der Waals surface area contributed by atoms with E-state index in [1.54, 1.807) is 12.4 Å². The molecule has 0 radical (unpaired) electrons. The van der Waals surface area contributed by atoms with E-state index < -0.39 is 0 Å². The summed E-state index contributed by atoms with van der Waals surface area (Å²) in [5.41, 5.74) is 2.90. The maximum atomic E-state index is 12.1. The van der Waals surface area contributed by atoms with E-state index >= 15 is 0 Å². The van der Waals surface area contributed by atoms with Gasteiger partial charge in [0.1, 0.15) is 5.69 Å². The maximum absolute atomic E-state index is 12.1. The van der Waals surface area contributed by atoms with Crippen molar-refractivity contribution in [3.05, 3.63) is 72.2 Å². The molecule has 150 valence electrons. The molecule has 0 atom stereocenters. The lowest BCUT2D eigenvalue weighted by atomic mass is 9.96. The van der Waals surface area contributed by atoms with Gasteiger partial charge in [0, 0.05) is 30.6 Å². The number of hydrogen-bond acceptors (Lipinski definition) is 5. The topological polar surface area (TPSA) is 71.3 Å². The van der Waals surface area contributed by atoms with Crippen LogP contribution < -0.4 is 5.32 Å². The molecule has 3 aromatic rings. The normalized spacial score (nSPS) is 15.3. The van der Waals surface area contributed by atoms with E-state index in [1.807, 2.05) is 48.5 Å². The summed E-state index contributed by atoms with van der Waals surface area (Å²) in [6.45, 7) is 3.53. The number of aromatic nitrogens is 2. The number of likely N-dealkylation sites (tertiary alicyclic amines) is 1. The number of piperidine rings is 1. The van der Waals surface area contributed by atoms with Crippen molar-refractivity contribution >= 4 is 5.91 Å². The van der Waals surface area contributed by atoms with Crippen molar-refractivity contribution < 1.29 is 9.32 Å². The lowest BCUT2D eigenvalue weighted by molar-refractivity contribution is -0.120. The summed E-state index contributed by atoms with van der Waals surface area (Å²) in [4.78, 5) is 18.6. The highest BCUT2D eigenvalue weighted by Crippen LogP contribution is 2.22. The zero-order valence-electron chi connectivity index (χ0n) is 16.5. The van der Waals surface area contributed by atoms with Crippen LogP contribution in [0, 0.1) is 5.92 Å². The fourth-order valence-corrected chi connectivity index (χ4v) is 3.71. The van der Waals surface area contributed by atoms with Crippen LogP contribution in [-0.2, 0) is 17.8 Å². The third-order valence-electron chi connectivity index (χ3n) is 5.39. The molecule has 0 unspecified atom stereocenters. The zero-order valence-corrected chi connectivity index (χ0v) is 16.5. The molecule has 1 saturated heterocycles. The van der Waals surface area contributed by atoms with Gasteiger partial charge in [-0.05, 0) is 43.5 Å². The summed E-state index contributed by atoms with van der Waals surface area (Å²) < 4.78 is 5.53. The molecule has 1 aliphatic rings. The highest BCUT2D eigenvalue weighted by atomic mass is 16.5. The summed E-state index contributed by atoms with van der Waals surface area (Å²) >= 11 is 0. The molecule has 0 bridgehead atoms. The number of carbonyl (C=O) groups excluding carboxylic acids is 1. The Hall–Kier alpha value is -2.99. The minimum atomic E-state index is 0.0653. The van der Waals surface area contributed by atoms with Crippen LogP contribution in [0.5, 0.6) is 0 Å². The van der Waals surface area contributed by atoms with E-state index in [0.29, 0.717) is 12.3 Å². The molecule has 0 saturated carbocycles. The van der Waals surface area contributed by atoms with E-state index in [0.717, 1.165) is 61.6 Å². The third kappa shape index (κ3) is 5.51. The SMILES string of the molecule is O=C(Cc1cccnc1)NCC1CCN(Cc2cc(-c3ccccc3)no2)CC1. The highest BCUT2D eigenvalue weighted by Gasteiger charge is 2.21. The number of benzene rings is 1. The Morgan fingerprint density at radius 1 is 1.14 bits per heavy atom. The third-order valence-corrected chi connectivity index (χ3v) is 5.39. The van der Waals surface area contributed by atoms with Crippen LogP contribution in [-0.4, -0.2) is 40.6 Å². The standard InChI is InChI=1S/C23H26N4O2/c28-23(13-19-5-4-10-24-15-19)25-16-18-8-11-27(12-9-18)17-21-14-22(26-29-21)20-6-2-1-3-7-20/h1-7,10,14-15,18H,8-9,11-13,16-17H2,(H,25,28). The van der Waals surface area contributed by atoms with Crippen molar-refractivity contribution in [2.75, 3.05) is 19.6 Å². The first-order valence-corrected chi connectivity index (χ1v) is 10.2. The van der Waals surface area contributed by atoms with Crippen LogP contribution >= 0.6 is 0 Å². The van der Waals surface area contributed by atoms with Crippen LogP contribution in [0.3, 0.4) is 0 Å². The second-order valence-electron chi connectivity index (χ2n) is 7.61. The zero-order chi connectivity index (χ0) is 19.9. The first-order chi connectivity index (χ1) is 14.3. The molecule has 4 rings (SSSR count). The van der Waals surface area contributed by atoms with Crippen molar-refractivity contribution in [1.82, 2.24) is 20.4 Å². The second kappa shape index (κ2) is 9.47. The molecular formula is C23H26N4O2. The Morgan fingerprint density at radius 2 is 1.97 bits per heavy atom. The van der Waals surface area contributed by atoms with Crippen molar-refractivity contribution in [2.24, 2.45) is 5.92 Å². The van der Waals surface area contributed by atoms with Crippen molar-refractivity contribution in [3.63, 3.8) is 0 Å². The van der Waals surface area contributed by atoms with Gasteiger partial charge in [-0.15, -0.1) is 0 Å². The summed E-state index contributed by atoms with van der Waals surface area (Å²) in [5.74, 6) is 1.49. The number of amides is 1. The average molecular weight is 390 g/mol. The first kappa shape index (κ1) is 19.3. The minimum absolute atomic E-state index is 0.0653. The fraction of sp³-hybridized carbons (Fsp3) is 0.348. The summed E-state index contributed by atoms with van der Waals surface area (Å²) in [6, 6.07) is 15.9. The minimum Gasteiger partial charge on any atom is -0.359 e. The highest BCUT2D eigenvalue weighted by molar-refractivity contribution is 5.78. The molecule has 2 aromatic heterocycles. The molecule has 1 amide bonds. The van der Waals surface area contributed by atoms with Crippen LogP contribution in [0.2, 0.25) is 0 Å². The number of nitrogens with zero attached hydrogens (tertiary/aromatic N) is 3. The van der Waals surface area contributed by atoms with E-state index in [4.69, 9.17) is 4.52 Å². The van der Waals surface area contributed by atoms with E-state index in [-0.39, 0.29) is 5.91 Å². The van der Waals surface area contributed by atoms with Gasteiger partial charge in [0.25, 0.3) is 0 Å². The predicted octanol–water partition coefficient (Wildman–Crippen LogP) is 3.31. The molecule has 1 aromatic carbocycles. The average Bonchev–Trinajstić information content (AvgIpc) is 3.23. The van der Waals surface area contributed by atoms with E-state index in [2.05, 4.69) is 20.4 Å². The summed E-state index contributed by atoms with van der Waals surface area (Å²) in [7, 11) is 0. The van der Waals surface area contributed by atoms with Crippen molar-refractivity contribution in [1.29, 1.82) is 0 Å². The monoisotopic (exact) mass is 390 g/mol. The molecule has 1 aliphatic heterocycles.